The van der Waals surface area contributed by atoms with Crippen LogP contribution >= 0.6 is 0 Å². The van der Waals surface area contributed by atoms with Crippen molar-refractivity contribution in [3.63, 3.8) is 0 Å². The van der Waals surface area contributed by atoms with Crippen molar-refractivity contribution in [2.45, 2.75) is 4.90 Å². The molecule has 0 saturated heterocycles. The lowest BCUT2D eigenvalue weighted by Gasteiger charge is -2.08. The summed E-state index contributed by atoms with van der Waals surface area (Å²) in [5.74, 6) is 0.354. The number of para-hydroxylation sites is 1. The van der Waals surface area contributed by atoms with Crippen LogP contribution in [0.3, 0.4) is 0 Å². The van der Waals surface area contributed by atoms with E-state index in [1.807, 2.05) is 0 Å². The molecule has 2 aromatic heterocycles. The SMILES string of the molecule is NS(=O)(=O)c1ccc(-c2oc3ccccc3c(=O)c2-c2ncco2)cc1. The summed E-state index contributed by atoms with van der Waals surface area (Å²) in [7, 11) is -3.82. The zero-order chi connectivity index (χ0) is 18.3. The van der Waals surface area contributed by atoms with Crippen LogP contribution < -0.4 is 10.6 Å². The average molecular weight is 368 g/mol. The molecule has 0 atom stereocenters. The fraction of sp³-hybridized carbons (Fsp3) is 0. The van der Waals surface area contributed by atoms with Crippen molar-refractivity contribution in [2.24, 2.45) is 5.14 Å². The van der Waals surface area contributed by atoms with E-state index >= 15 is 0 Å². The Morgan fingerprint density at radius 1 is 1.00 bits per heavy atom. The molecule has 0 unspecified atom stereocenters. The van der Waals surface area contributed by atoms with Gasteiger partial charge in [0.2, 0.25) is 21.3 Å². The zero-order valence-electron chi connectivity index (χ0n) is 13.2. The predicted octanol–water partition coefficient (Wildman–Crippen LogP) is 2.76. The molecule has 0 bridgehead atoms. The number of primary sulfonamides is 1. The summed E-state index contributed by atoms with van der Waals surface area (Å²) in [4.78, 5) is 17.0. The second-order valence-corrected chi connectivity index (χ2v) is 7.10. The zero-order valence-corrected chi connectivity index (χ0v) is 14.1. The Balaban J connectivity index is 2.03. The van der Waals surface area contributed by atoms with Gasteiger partial charge in [-0.3, -0.25) is 4.79 Å². The van der Waals surface area contributed by atoms with E-state index in [0.717, 1.165) is 0 Å². The summed E-state index contributed by atoms with van der Waals surface area (Å²) in [5.41, 5.74) is 0.767. The Bertz CT molecular complexity index is 1260. The van der Waals surface area contributed by atoms with Gasteiger partial charge in [0.15, 0.2) is 5.76 Å². The number of aromatic nitrogens is 1. The van der Waals surface area contributed by atoms with Crippen LogP contribution in [0.15, 0.2) is 79.5 Å². The molecule has 0 saturated carbocycles. The van der Waals surface area contributed by atoms with Gasteiger partial charge in [-0.05, 0) is 36.4 Å². The summed E-state index contributed by atoms with van der Waals surface area (Å²) < 4.78 is 34.1. The molecule has 0 aliphatic carbocycles. The van der Waals surface area contributed by atoms with Crippen molar-refractivity contribution in [3.05, 3.63) is 71.2 Å². The topological polar surface area (TPSA) is 116 Å². The molecule has 0 aliphatic rings. The van der Waals surface area contributed by atoms with Crippen LogP contribution in [0.2, 0.25) is 0 Å². The average Bonchev–Trinajstić information content (AvgIpc) is 3.15. The smallest absolute Gasteiger partial charge is 0.238 e. The predicted molar refractivity (Wildman–Crippen MR) is 94.8 cm³/mol. The summed E-state index contributed by atoms with van der Waals surface area (Å²) in [6.07, 6.45) is 2.79. The van der Waals surface area contributed by atoms with E-state index < -0.39 is 10.0 Å². The molecule has 0 spiro atoms. The van der Waals surface area contributed by atoms with Crippen LogP contribution in [0.25, 0.3) is 33.7 Å². The number of hydrogen-bond acceptors (Lipinski definition) is 6. The number of rotatable bonds is 3. The normalized spacial score (nSPS) is 11.7. The molecule has 0 radical (unpaired) electrons. The van der Waals surface area contributed by atoms with Crippen LogP contribution in [0.5, 0.6) is 0 Å². The van der Waals surface area contributed by atoms with Crippen LogP contribution in [0.4, 0.5) is 0 Å². The molecular formula is C18H12N2O5S. The van der Waals surface area contributed by atoms with Gasteiger partial charge in [-0.2, -0.15) is 0 Å². The van der Waals surface area contributed by atoms with E-state index in [9.17, 15) is 13.2 Å². The van der Waals surface area contributed by atoms with E-state index in [0.29, 0.717) is 16.5 Å². The minimum absolute atomic E-state index is 0.0398. The number of fused-ring (bicyclic) bond motifs is 1. The molecule has 0 fully saturated rings. The standard InChI is InChI=1S/C18H12N2O5S/c19-26(22,23)12-7-5-11(6-8-12)17-15(18-20-9-10-24-18)16(21)13-3-1-2-4-14(13)25-17/h1-10H,(H2,19,22,23). The summed E-state index contributed by atoms with van der Waals surface area (Å²) >= 11 is 0. The second kappa shape index (κ2) is 5.94. The van der Waals surface area contributed by atoms with Crippen molar-refractivity contribution in [1.29, 1.82) is 0 Å². The summed E-state index contributed by atoms with van der Waals surface area (Å²) in [6.45, 7) is 0. The molecule has 8 heteroatoms. The van der Waals surface area contributed by atoms with Crippen LogP contribution in [0, 0.1) is 0 Å². The fourth-order valence-electron chi connectivity index (χ4n) is 2.68. The Kier molecular flexibility index (Phi) is 3.71. The first-order chi connectivity index (χ1) is 12.4. The van der Waals surface area contributed by atoms with Gasteiger partial charge in [0.05, 0.1) is 16.5 Å². The molecule has 2 heterocycles. The highest BCUT2D eigenvalue weighted by Crippen LogP contribution is 2.32. The number of nitrogens with two attached hydrogens (primary N) is 1. The summed E-state index contributed by atoms with van der Waals surface area (Å²) in [6, 6.07) is 12.5. The summed E-state index contributed by atoms with van der Waals surface area (Å²) in [5, 5.41) is 5.52. The van der Waals surface area contributed by atoms with Crippen LogP contribution in [0.1, 0.15) is 0 Å². The molecule has 2 N–H and O–H groups in total. The second-order valence-electron chi connectivity index (χ2n) is 5.54. The van der Waals surface area contributed by atoms with Crippen molar-refractivity contribution in [1.82, 2.24) is 4.98 Å². The van der Waals surface area contributed by atoms with E-state index in [2.05, 4.69) is 4.98 Å². The highest BCUT2D eigenvalue weighted by molar-refractivity contribution is 7.89. The van der Waals surface area contributed by atoms with E-state index in [4.69, 9.17) is 14.0 Å². The number of sulfonamides is 1. The van der Waals surface area contributed by atoms with Gasteiger partial charge in [-0.25, -0.2) is 18.5 Å². The van der Waals surface area contributed by atoms with Gasteiger partial charge in [0.25, 0.3) is 0 Å². The molecule has 0 amide bonds. The lowest BCUT2D eigenvalue weighted by molar-refractivity contribution is 0.566. The first-order valence-electron chi connectivity index (χ1n) is 7.54. The fourth-order valence-corrected chi connectivity index (χ4v) is 3.20. The van der Waals surface area contributed by atoms with Gasteiger partial charge in [-0.15, -0.1) is 0 Å². The molecular weight excluding hydrogens is 356 g/mol. The number of oxazole rings is 1. The Hall–Kier alpha value is -3.23. The minimum atomic E-state index is -3.82. The maximum atomic E-state index is 13.0. The third-order valence-corrected chi connectivity index (χ3v) is 4.82. The molecule has 4 rings (SSSR count). The van der Waals surface area contributed by atoms with Crippen molar-refractivity contribution in [2.75, 3.05) is 0 Å². The van der Waals surface area contributed by atoms with Crippen molar-refractivity contribution in [3.8, 4) is 22.8 Å². The van der Waals surface area contributed by atoms with Crippen molar-refractivity contribution >= 4 is 21.0 Å². The van der Waals surface area contributed by atoms with Crippen molar-refractivity contribution < 1.29 is 17.3 Å². The quantitative estimate of drug-likeness (QED) is 0.594. The molecule has 4 aromatic rings. The highest BCUT2D eigenvalue weighted by Gasteiger charge is 2.21. The highest BCUT2D eigenvalue weighted by atomic mass is 32.2. The lowest BCUT2D eigenvalue weighted by atomic mass is 10.0. The third kappa shape index (κ3) is 2.71. The van der Waals surface area contributed by atoms with E-state index in [1.54, 1.807) is 24.3 Å². The Labute approximate surface area is 147 Å². The molecule has 7 nitrogen and oxygen atoms in total. The van der Waals surface area contributed by atoms with Gasteiger partial charge in [0.1, 0.15) is 17.4 Å². The van der Waals surface area contributed by atoms with E-state index in [1.165, 1.54) is 36.7 Å². The lowest BCUT2D eigenvalue weighted by Crippen LogP contribution is -2.12. The first kappa shape index (κ1) is 16.2. The largest absolute Gasteiger partial charge is 0.455 e. The Morgan fingerprint density at radius 2 is 1.73 bits per heavy atom. The van der Waals surface area contributed by atoms with E-state index in [-0.39, 0.29) is 27.5 Å². The maximum absolute atomic E-state index is 13.0. The maximum Gasteiger partial charge on any atom is 0.238 e. The van der Waals surface area contributed by atoms with Crippen LogP contribution in [-0.2, 0) is 10.0 Å². The number of benzene rings is 2. The molecule has 26 heavy (non-hydrogen) atoms. The number of nitrogens with zero attached hydrogens (tertiary/aromatic N) is 1. The number of hydrogen-bond donors (Lipinski definition) is 1. The van der Waals surface area contributed by atoms with Gasteiger partial charge in [-0.1, -0.05) is 12.1 Å². The van der Waals surface area contributed by atoms with Crippen LogP contribution in [-0.4, -0.2) is 13.4 Å². The van der Waals surface area contributed by atoms with Gasteiger partial charge >= 0.3 is 0 Å². The Morgan fingerprint density at radius 3 is 2.38 bits per heavy atom. The first-order valence-corrected chi connectivity index (χ1v) is 9.09. The molecule has 0 aliphatic heterocycles. The third-order valence-electron chi connectivity index (χ3n) is 3.89. The monoisotopic (exact) mass is 368 g/mol. The molecule has 2 aromatic carbocycles. The minimum Gasteiger partial charge on any atom is -0.455 e. The van der Waals surface area contributed by atoms with Gasteiger partial charge in [0, 0.05) is 5.56 Å². The van der Waals surface area contributed by atoms with Gasteiger partial charge < -0.3 is 8.83 Å². The molecule has 130 valence electrons.